The first kappa shape index (κ1) is 21.8. The van der Waals surface area contributed by atoms with Crippen LogP contribution in [0.5, 0.6) is 0 Å². The molecule has 2 aromatic rings. The molecule has 0 bridgehead atoms. The third kappa shape index (κ3) is 4.04. The Morgan fingerprint density at radius 2 is 1.66 bits per heavy atom. The molecule has 2 aliphatic rings. The van der Waals surface area contributed by atoms with Crippen molar-refractivity contribution in [2.45, 2.75) is 12.6 Å². The molecule has 2 heterocycles. The zero-order valence-electron chi connectivity index (χ0n) is 17.9. The Morgan fingerprint density at radius 3 is 2.28 bits per heavy atom. The van der Waals surface area contributed by atoms with Gasteiger partial charge in [0.15, 0.2) is 0 Å². The Kier molecular flexibility index (Phi) is 6.12. The van der Waals surface area contributed by atoms with Gasteiger partial charge in [-0.05, 0) is 35.9 Å². The molecule has 1 saturated heterocycles. The van der Waals surface area contributed by atoms with E-state index in [1.54, 1.807) is 0 Å². The highest BCUT2D eigenvalue weighted by Crippen LogP contribution is 2.42. The molecule has 7 heteroatoms. The number of carboxylic acid groups (broad SMARTS) is 2. The van der Waals surface area contributed by atoms with E-state index in [0.29, 0.717) is 19.2 Å². The highest BCUT2D eigenvalue weighted by Gasteiger charge is 2.43. The summed E-state index contributed by atoms with van der Waals surface area (Å²) in [6.45, 7) is 5.56. The number of piperazine rings is 1. The number of hydrogen-bond acceptors (Lipinski definition) is 7. The lowest BCUT2D eigenvalue weighted by atomic mass is 9.83. The van der Waals surface area contributed by atoms with Gasteiger partial charge >= 0.3 is 0 Å². The molecule has 32 heavy (non-hydrogen) atoms. The highest BCUT2D eigenvalue weighted by atomic mass is 16.4. The summed E-state index contributed by atoms with van der Waals surface area (Å²) >= 11 is 0. The average molecular weight is 431 g/mol. The quantitative estimate of drug-likeness (QED) is 0.657. The third-order valence-electron chi connectivity index (χ3n) is 6.19. The van der Waals surface area contributed by atoms with Gasteiger partial charge in [-0.3, -0.25) is 4.90 Å². The summed E-state index contributed by atoms with van der Waals surface area (Å²) in [5.41, 5.74) is 1.57. The lowest BCUT2D eigenvalue weighted by Crippen LogP contribution is -2.63. The SMILES string of the molecule is CCN1CCN(C2(/C(=C/C(=O)[O-])C(=O)[O-])C=C(c3ccccc3)c3ccccc3N2)CC1. The van der Waals surface area contributed by atoms with E-state index in [2.05, 4.69) is 17.1 Å². The molecule has 0 saturated carbocycles. The number of hydrogen-bond donors (Lipinski definition) is 1. The molecule has 0 radical (unpaired) electrons. The molecule has 2 aromatic carbocycles. The van der Waals surface area contributed by atoms with Crippen LogP contribution in [0, 0.1) is 0 Å². The van der Waals surface area contributed by atoms with Crippen molar-refractivity contribution in [3.63, 3.8) is 0 Å². The second-order valence-electron chi connectivity index (χ2n) is 7.95. The molecule has 0 spiro atoms. The first-order chi connectivity index (χ1) is 15.4. The van der Waals surface area contributed by atoms with Gasteiger partial charge in [0.1, 0.15) is 5.66 Å². The Hall–Kier alpha value is -3.42. The van der Waals surface area contributed by atoms with Crippen LogP contribution >= 0.6 is 0 Å². The molecule has 1 atom stereocenters. The second-order valence-corrected chi connectivity index (χ2v) is 7.95. The number of fused-ring (bicyclic) bond motifs is 1. The molecule has 0 amide bonds. The Morgan fingerprint density at radius 1 is 1.00 bits per heavy atom. The first-order valence-electron chi connectivity index (χ1n) is 10.7. The lowest BCUT2D eigenvalue weighted by Gasteiger charge is -2.50. The van der Waals surface area contributed by atoms with Crippen LogP contribution in [-0.4, -0.2) is 60.1 Å². The number of carbonyl (C=O) groups is 2. The first-order valence-corrected chi connectivity index (χ1v) is 10.7. The largest absolute Gasteiger partial charge is 0.545 e. The molecule has 2 aliphatic heterocycles. The van der Waals surface area contributed by atoms with Crippen LogP contribution in [0.15, 0.2) is 72.3 Å². The Bertz CT molecular complexity index is 1070. The number of carbonyl (C=O) groups excluding carboxylic acids is 2. The second kappa shape index (κ2) is 8.98. The molecule has 1 fully saturated rings. The number of para-hydroxylation sites is 1. The Labute approximate surface area is 187 Å². The standard InChI is InChI=1S/C25H27N3O4/c1-2-27-12-14-28(15-13-27)25(21(24(31)32)16-23(29)30)17-20(18-8-4-3-5-9-18)19-10-6-7-11-22(19)26-25/h3-11,16-17,26H,2,12-15H2,1H3,(H,29,30)(H,31,32)/p-2/b21-16+. The van der Waals surface area contributed by atoms with Gasteiger partial charge in [0.2, 0.25) is 0 Å². The van der Waals surface area contributed by atoms with Gasteiger partial charge in [0.05, 0.1) is 11.9 Å². The predicted octanol–water partition coefficient (Wildman–Crippen LogP) is 0.304. The lowest BCUT2D eigenvalue weighted by molar-refractivity contribution is -0.303. The fourth-order valence-electron chi connectivity index (χ4n) is 4.56. The number of likely N-dealkylation sites (N-methyl/N-ethyl adjacent to an activating group) is 1. The maximum Gasteiger partial charge on any atom is 0.139 e. The molecule has 7 nitrogen and oxygen atoms in total. The maximum absolute atomic E-state index is 12.3. The van der Waals surface area contributed by atoms with E-state index in [9.17, 15) is 19.8 Å². The van der Waals surface area contributed by atoms with Crippen molar-refractivity contribution in [2.24, 2.45) is 0 Å². The number of anilines is 1. The Balaban J connectivity index is 1.95. The molecule has 0 aromatic heterocycles. The molecule has 1 unspecified atom stereocenters. The zero-order valence-corrected chi connectivity index (χ0v) is 17.9. The molecule has 166 valence electrons. The van der Waals surface area contributed by atoms with E-state index in [1.165, 1.54) is 0 Å². The van der Waals surface area contributed by atoms with Crippen LogP contribution in [0.25, 0.3) is 5.57 Å². The van der Waals surface area contributed by atoms with Gasteiger partial charge in [-0.2, -0.15) is 0 Å². The summed E-state index contributed by atoms with van der Waals surface area (Å²) < 4.78 is 0. The van der Waals surface area contributed by atoms with Crippen molar-refractivity contribution >= 4 is 23.2 Å². The van der Waals surface area contributed by atoms with Crippen LogP contribution in [0.3, 0.4) is 0 Å². The van der Waals surface area contributed by atoms with Crippen molar-refractivity contribution in [1.82, 2.24) is 9.80 Å². The minimum Gasteiger partial charge on any atom is -0.545 e. The van der Waals surface area contributed by atoms with E-state index in [4.69, 9.17) is 0 Å². The average Bonchev–Trinajstić information content (AvgIpc) is 2.82. The molecular weight excluding hydrogens is 406 g/mol. The van der Waals surface area contributed by atoms with E-state index in [0.717, 1.165) is 42.0 Å². The van der Waals surface area contributed by atoms with Crippen LogP contribution in [0.1, 0.15) is 18.1 Å². The number of nitrogens with one attached hydrogen (secondary N) is 1. The van der Waals surface area contributed by atoms with Crippen LogP contribution in [0.4, 0.5) is 5.69 Å². The fraction of sp³-hybridized carbons (Fsp3) is 0.280. The maximum atomic E-state index is 12.3. The number of aliphatic carboxylic acids is 2. The van der Waals surface area contributed by atoms with E-state index in [1.807, 2.05) is 65.6 Å². The third-order valence-corrected chi connectivity index (χ3v) is 6.19. The number of carboxylic acids is 2. The van der Waals surface area contributed by atoms with Gasteiger partial charge in [0, 0.05) is 43.0 Å². The van der Waals surface area contributed by atoms with E-state index < -0.39 is 17.6 Å². The summed E-state index contributed by atoms with van der Waals surface area (Å²) in [6, 6.07) is 17.3. The molecular formula is C25H25N3O4-2. The smallest absolute Gasteiger partial charge is 0.139 e. The van der Waals surface area contributed by atoms with Crippen molar-refractivity contribution in [3.8, 4) is 0 Å². The van der Waals surface area contributed by atoms with Crippen molar-refractivity contribution in [1.29, 1.82) is 0 Å². The van der Waals surface area contributed by atoms with Crippen LogP contribution < -0.4 is 15.5 Å². The van der Waals surface area contributed by atoms with Gasteiger partial charge in [-0.1, -0.05) is 55.5 Å². The monoisotopic (exact) mass is 431 g/mol. The summed E-state index contributed by atoms with van der Waals surface area (Å²) in [5, 5.41) is 27.2. The number of benzene rings is 2. The number of nitrogens with zero attached hydrogens (tertiary/aromatic N) is 2. The predicted molar refractivity (Wildman–Crippen MR) is 118 cm³/mol. The van der Waals surface area contributed by atoms with Crippen LogP contribution in [-0.2, 0) is 9.59 Å². The van der Waals surface area contributed by atoms with E-state index >= 15 is 0 Å². The summed E-state index contributed by atoms with van der Waals surface area (Å²) in [6.07, 6.45) is 2.46. The molecule has 4 rings (SSSR count). The summed E-state index contributed by atoms with van der Waals surface area (Å²) in [4.78, 5) is 28.0. The number of rotatable bonds is 6. The van der Waals surface area contributed by atoms with Gasteiger partial charge in [-0.25, -0.2) is 0 Å². The summed E-state index contributed by atoms with van der Waals surface area (Å²) in [5.74, 6) is -3.13. The van der Waals surface area contributed by atoms with Gasteiger partial charge in [-0.15, -0.1) is 0 Å². The molecule has 0 aliphatic carbocycles. The highest BCUT2D eigenvalue weighted by molar-refractivity contribution is 5.99. The zero-order chi connectivity index (χ0) is 22.7. The van der Waals surface area contributed by atoms with E-state index in [-0.39, 0.29) is 5.57 Å². The minimum absolute atomic E-state index is 0.384. The normalized spacial score (nSPS) is 21.9. The fourth-order valence-corrected chi connectivity index (χ4v) is 4.56. The summed E-state index contributed by atoms with van der Waals surface area (Å²) in [7, 11) is 0. The van der Waals surface area contributed by atoms with Crippen molar-refractivity contribution in [2.75, 3.05) is 38.0 Å². The topological polar surface area (TPSA) is 98.8 Å². The van der Waals surface area contributed by atoms with Gasteiger partial charge < -0.3 is 30.0 Å². The van der Waals surface area contributed by atoms with Crippen LogP contribution in [0.2, 0.25) is 0 Å². The van der Waals surface area contributed by atoms with Crippen molar-refractivity contribution < 1.29 is 19.8 Å². The molecule has 1 N–H and O–H groups in total. The van der Waals surface area contributed by atoms with Crippen molar-refractivity contribution in [3.05, 3.63) is 83.4 Å². The minimum atomic E-state index is -1.58. The van der Waals surface area contributed by atoms with Gasteiger partial charge in [0.25, 0.3) is 0 Å².